The van der Waals surface area contributed by atoms with Crippen molar-refractivity contribution < 1.29 is 42.5 Å². The third-order valence-electron chi connectivity index (χ3n) is 3.75. The number of hydrogen-bond donors (Lipinski definition) is 4. The van der Waals surface area contributed by atoms with Crippen LogP contribution >= 0.6 is 0 Å². The molecule has 5 N–H and O–H groups in total. The fraction of sp³-hybridized carbons (Fsp3) is 0.500. The number of benzene rings is 1. The summed E-state index contributed by atoms with van der Waals surface area (Å²) in [6.45, 7) is 6.43. The lowest BCUT2D eigenvalue weighted by Gasteiger charge is -2.28. The SMILES string of the molecule is C[Si](C)(C)CC[C@](N)(CNC(=O)OCc1ccccc1)C(=O)O.O=C(O)C(F)(F)F. The van der Waals surface area contributed by atoms with Crippen molar-refractivity contribution in [2.75, 3.05) is 6.54 Å². The molecule has 0 aliphatic rings. The van der Waals surface area contributed by atoms with Crippen LogP contribution in [0.4, 0.5) is 18.0 Å². The number of aliphatic carboxylic acids is 2. The van der Waals surface area contributed by atoms with Gasteiger partial charge in [0.05, 0.1) is 0 Å². The van der Waals surface area contributed by atoms with Crippen molar-refractivity contribution in [2.45, 2.75) is 50.4 Å². The van der Waals surface area contributed by atoms with Crippen molar-refractivity contribution >= 4 is 26.1 Å². The number of rotatable bonds is 8. The fourth-order valence-electron chi connectivity index (χ4n) is 1.87. The predicted molar refractivity (Wildman–Crippen MR) is 106 cm³/mol. The Morgan fingerprint density at radius 2 is 1.57 bits per heavy atom. The van der Waals surface area contributed by atoms with Gasteiger partial charge in [0.15, 0.2) is 0 Å². The summed E-state index contributed by atoms with van der Waals surface area (Å²) in [4.78, 5) is 32.0. The molecule has 0 unspecified atom stereocenters. The lowest BCUT2D eigenvalue weighted by atomic mass is 9.98. The summed E-state index contributed by atoms with van der Waals surface area (Å²) < 4.78 is 36.8. The van der Waals surface area contributed by atoms with Gasteiger partial charge in [0.25, 0.3) is 0 Å². The molecule has 1 amide bonds. The van der Waals surface area contributed by atoms with E-state index < -0.39 is 37.8 Å². The summed E-state index contributed by atoms with van der Waals surface area (Å²) in [6, 6.07) is 10.0. The first-order valence-corrected chi connectivity index (χ1v) is 12.5. The molecular formula is C18H27F3N2O6Si. The minimum absolute atomic E-state index is 0.131. The molecule has 0 heterocycles. The minimum atomic E-state index is -5.08. The van der Waals surface area contributed by atoms with Crippen LogP contribution in [0.15, 0.2) is 30.3 Å². The first-order valence-electron chi connectivity index (χ1n) is 8.84. The summed E-state index contributed by atoms with van der Waals surface area (Å²) >= 11 is 0. The standard InChI is InChI=1S/C16H26N2O4Si.C2HF3O2/c1-23(2,3)10-9-16(17,14(19)20)12-18-15(21)22-11-13-7-5-4-6-8-13;3-2(4,5)1(6)7/h4-8H,9-12,17H2,1-3H3,(H,18,21)(H,19,20);(H,6,7)/t16-;/m0./s1. The van der Waals surface area contributed by atoms with Crippen LogP contribution < -0.4 is 11.1 Å². The molecule has 30 heavy (non-hydrogen) atoms. The number of amides is 1. The Morgan fingerprint density at radius 1 is 1.07 bits per heavy atom. The molecule has 0 saturated heterocycles. The molecule has 170 valence electrons. The Hall–Kier alpha value is -2.60. The van der Waals surface area contributed by atoms with E-state index in [1.165, 1.54) is 0 Å². The topological polar surface area (TPSA) is 139 Å². The summed E-state index contributed by atoms with van der Waals surface area (Å²) in [5.41, 5.74) is 5.35. The molecule has 0 fully saturated rings. The monoisotopic (exact) mass is 452 g/mol. The van der Waals surface area contributed by atoms with E-state index >= 15 is 0 Å². The van der Waals surface area contributed by atoms with Gasteiger partial charge in [-0.05, 0) is 12.0 Å². The Labute approximate surface area is 173 Å². The lowest BCUT2D eigenvalue weighted by Crippen LogP contribution is -2.56. The highest BCUT2D eigenvalue weighted by atomic mass is 28.3. The minimum Gasteiger partial charge on any atom is -0.480 e. The van der Waals surface area contributed by atoms with Crippen LogP contribution in [-0.2, 0) is 20.9 Å². The molecule has 12 heteroatoms. The zero-order chi connectivity index (χ0) is 23.6. The average Bonchev–Trinajstić information content (AvgIpc) is 2.63. The third-order valence-corrected chi connectivity index (χ3v) is 5.50. The van der Waals surface area contributed by atoms with E-state index in [4.69, 9.17) is 20.4 Å². The molecule has 0 aliphatic heterocycles. The van der Waals surface area contributed by atoms with Crippen LogP contribution in [0.25, 0.3) is 0 Å². The van der Waals surface area contributed by atoms with E-state index in [-0.39, 0.29) is 13.2 Å². The summed E-state index contributed by atoms with van der Waals surface area (Å²) in [5, 5.41) is 18.9. The highest BCUT2D eigenvalue weighted by Crippen LogP contribution is 2.18. The second-order valence-electron chi connectivity index (χ2n) is 7.74. The molecule has 0 bridgehead atoms. The molecule has 1 aromatic rings. The van der Waals surface area contributed by atoms with Gasteiger partial charge in [0.2, 0.25) is 0 Å². The van der Waals surface area contributed by atoms with Gasteiger partial charge in [-0.25, -0.2) is 9.59 Å². The van der Waals surface area contributed by atoms with Crippen LogP contribution in [-0.4, -0.2) is 54.6 Å². The second kappa shape index (κ2) is 11.5. The van der Waals surface area contributed by atoms with Crippen LogP contribution in [0.3, 0.4) is 0 Å². The number of halogens is 3. The van der Waals surface area contributed by atoms with Gasteiger partial charge in [-0.1, -0.05) is 56.0 Å². The van der Waals surface area contributed by atoms with Gasteiger partial charge < -0.3 is 26.0 Å². The number of alkyl carbamates (subject to hydrolysis) is 1. The van der Waals surface area contributed by atoms with E-state index in [0.29, 0.717) is 6.42 Å². The third kappa shape index (κ3) is 12.1. The van der Waals surface area contributed by atoms with Crippen molar-refractivity contribution in [3.63, 3.8) is 0 Å². The van der Waals surface area contributed by atoms with Crippen molar-refractivity contribution in [3.8, 4) is 0 Å². The molecule has 1 aromatic carbocycles. The number of ether oxygens (including phenoxy) is 1. The first kappa shape index (κ1) is 27.4. The number of carboxylic acids is 2. The smallest absolute Gasteiger partial charge is 0.480 e. The number of nitrogens with one attached hydrogen (secondary N) is 1. The maximum atomic E-state index is 11.7. The van der Waals surface area contributed by atoms with Gasteiger partial charge in [-0.2, -0.15) is 13.2 Å². The van der Waals surface area contributed by atoms with Gasteiger partial charge >= 0.3 is 24.2 Å². The number of carbonyl (C=O) groups excluding carboxylic acids is 1. The van der Waals surface area contributed by atoms with Crippen LogP contribution in [0, 0.1) is 0 Å². The van der Waals surface area contributed by atoms with Crippen molar-refractivity contribution in [1.29, 1.82) is 0 Å². The van der Waals surface area contributed by atoms with E-state index in [1.54, 1.807) is 0 Å². The molecule has 0 aromatic heterocycles. The normalized spacial score (nSPS) is 13.3. The zero-order valence-corrected chi connectivity index (χ0v) is 18.0. The molecule has 1 rings (SSSR count). The number of nitrogens with two attached hydrogens (primary N) is 1. The Bertz CT molecular complexity index is 710. The number of hydrogen-bond acceptors (Lipinski definition) is 5. The molecule has 0 aliphatic carbocycles. The average molecular weight is 453 g/mol. The Kier molecular flexibility index (Phi) is 10.5. The maximum absolute atomic E-state index is 11.7. The second-order valence-corrected chi connectivity index (χ2v) is 13.4. The van der Waals surface area contributed by atoms with E-state index in [0.717, 1.165) is 11.6 Å². The van der Waals surface area contributed by atoms with E-state index in [1.807, 2.05) is 30.3 Å². The molecular weight excluding hydrogens is 425 g/mol. The maximum Gasteiger partial charge on any atom is 0.490 e. The van der Waals surface area contributed by atoms with Crippen molar-refractivity contribution in [1.82, 2.24) is 5.32 Å². The Balaban J connectivity index is 0.00000103. The van der Waals surface area contributed by atoms with E-state index in [2.05, 4.69) is 25.0 Å². The van der Waals surface area contributed by atoms with Crippen LogP contribution in [0.1, 0.15) is 12.0 Å². The number of alkyl halides is 3. The van der Waals surface area contributed by atoms with Crippen molar-refractivity contribution in [2.24, 2.45) is 5.73 Å². The number of carbonyl (C=O) groups is 3. The summed E-state index contributed by atoms with van der Waals surface area (Å²) in [7, 11) is -1.42. The van der Waals surface area contributed by atoms with Crippen LogP contribution in [0.2, 0.25) is 25.7 Å². The van der Waals surface area contributed by atoms with E-state index in [9.17, 15) is 27.9 Å². The highest BCUT2D eigenvalue weighted by molar-refractivity contribution is 6.76. The molecule has 8 nitrogen and oxygen atoms in total. The predicted octanol–water partition coefficient (Wildman–Crippen LogP) is 3.06. The molecule has 1 atom stereocenters. The van der Waals surface area contributed by atoms with Crippen molar-refractivity contribution in [3.05, 3.63) is 35.9 Å². The first-order chi connectivity index (χ1) is 13.6. The number of carboxylic acid groups (broad SMARTS) is 2. The molecule has 0 radical (unpaired) electrons. The van der Waals surface area contributed by atoms with Gasteiger partial charge in [0, 0.05) is 14.6 Å². The van der Waals surface area contributed by atoms with Gasteiger partial charge in [-0.15, -0.1) is 0 Å². The lowest BCUT2D eigenvalue weighted by molar-refractivity contribution is -0.192. The quantitative estimate of drug-likeness (QED) is 0.445. The summed E-state index contributed by atoms with van der Waals surface area (Å²) in [5.74, 6) is -3.87. The fourth-order valence-corrected chi connectivity index (χ4v) is 3.07. The zero-order valence-electron chi connectivity index (χ0n) is 17.0. The molecule has 0 spiro atoms. The molecule has 0 saturated carbocycles. The van der Waals surface area contributed by atoms with Gasteiger partial charge in [0.1, 0.15) is 12.1 Å². The van der Waals surface area contributed by atoms with Crippen LogP contribution in [0.5, 0.6) is 0 Å². The van der Waals surface area contributed by atoms with Gasteiger partial charge in [-0.3, -0.25) is 4.79 Å². The summed E-state index contributed by atoms with van der Waals surface area (Å²) in [6.07, 6.45) is -5.42. The Morgan fingerprint density at radius 3 is 1.97 bits per heavy atom. The highest BCUT2D eigenvalue weighted by Gasteiger charge is 2.38. The largest absolute Gasteiger partial charge is 0.490 e.